The molecule has 0 bridgehead atoms. The predicted molar refractivity (Wildman–Crippen MR) is 57.7 cm³/mol. The van der Waals surface area contributed by atoms with E-state index >= 15 is 0 Å². The van der Waals surface area contributed by atoms with Gasteiger partial charge in [0.2, 0.25) is 0 Å². The van der Waals surface area contributed by atoms with Gasteiger partial charge in [0.05, 0.1) is 16.9 Å². The molecule has 0 aliphatic rings. The summed E-state index contributed by atoms with van der Waals surface area (Å²) in [6.45, 7) is 1.99. The van der Waals surface area contributed by atoms with Crippen LogP contribution in [0.15, 0.2) is 30.6 Å². The van der Waals surface area contributed by atoms with Crippen LogP contribution in [0.1, 0.15) is 5.56 Å². The van der Waals surface area contributed by atoms with Crippen LogP contribution in [0, 0.1) is 6.92 Å². The monoisotopic (exact) mass is 207 g/mol. The van der Waals surface area contributed by atoms with Crippen LogP contribution in [0.3, 0.4) is 0 Å². The first kappa shape index (κ1) is 9.09. The molecule has 1 heterocycles. The van der Waals surface area contributed by atoms with Crippen molar-refractivity contribution in [3.63, 3.8) is 0 Å². The van der Waals surface area contributed by atoms with Gasteiger partial charge in [0, 0.05) is 11.9 Å². The summed E-state index contributed by atoms with van der Waals surface area (Å²) in [6.07, 6.45) is 3.34. The van der Waals surface area contributed by atoms with E-state index in [0.29, 0.717) is 5.02 Å². The average Bonchev–Trinajstić information content (AvgIpc) is 2.50. The summed E-state index contributed by atoms with van der Waals surface area (Å²) in [4.78, 5) is 0. The topological polar surface area (TPSA) is 43.8 Å². The fourth-order valence-corrected chi connectivity index (χ4v) is 1.50. The van der Waals surface area contributed by atoms with Crippen molar-refractivity contribution in [1.29, 1.82) is 0 Å². The van der Waals surface area contributed by atoms with E-state index in [2.05, 4.69) is 5.10 Å². The van der Waals surface area contributed by atoms with E-state index in [1.807, 2.05) is 25.1 Å². The number of nitrogens with two attached hydrogens (primary N) is 1. The van der Waals surface area contributed by atoms with Crippen molar-refractivity contribution >= 4 is 17.3 Å². The first-order valence-electron chi connectivity index (χ1n) is 4.23. The molecule has 0 saturated heterocycles. The van der Waals surface area contributed by atoms with Gasteiger partial charge in [-0.15, -0.1) is 0 Å². The normalized spacial score (nSPS) is 10.4. The van der Waals surface area contributed by atoms with E-state index in [0.717, 1.165) is 16.9 Å². The second kappa shape index (κ2) is 3.35. The highest BCUT2D eigenvalue weighted by Gasteiger charge is 2.00. The van der Waals surface area contributed by atoms with Gasteiger partial charge in [0.25, 0.3) is 0 Å². The SMILES string of the molecule is Cc1cc(N)cc(-n2cc(Cl)cn2)c1. The standard InChI is InChI=1S/C10H10ClN3/c1-7-2-9(12)4-10(3-7)14-6-8(11)5-13-14/h2-6H,12H2,1H3. The van der Waals surface area contributed by atoms with Crippen LogP contribution in [-0.4, -0.2) is 9.78 Å². The van der Waals surface area contributed by atoms with Gasteiger partial charge in [-0.3, -0.25) is 0 Å². The molecule has 0 unspecified atom stereocenters. The second-order valence-electron chi connectivity index (χ2n) is 3.21. The Labute approximate surface area is 87.1 Å². The van der Waals surface area contributed by atoms with Crippen LogP contribution < -0.4 is 5.73 Å². The molecule has 0 radical (unpaired) electrons. The molecule has 2 N–H and O–H groups in total. The van der Waals surface area contributed by atoms with E-state index in [1.54, 1.807) is 17.1 Å². The lowest BCUT2D eigenvalue weighted by molar-refractivity contribution is 0.880. The number of aryl methyl sites for hydroxylation is 1. The zero-order valence-corrected chi connectivity index (χ0v) is 8.49. The molecule has 2 rings (SSSR count). The van der Waals surface area contributed by atoms with E-state index in [-0.39, 0.29) is 0 Å². The summed E-state index contributed by atoms with van der Waals surface area (Å²) in [5.41, 5.74) is 8.49. The summed E-state index contributed by atoms with van der Waals surface area (Å²) in [6, 6.07) is 5.77. The quantitative estimate of drug-likeness (QED) is 0.730. The van der Waals surface area contributed by atoms with Crippen molar-refractivity contribution in [1.82, 2.24) is 9.78 Å². The molecule has 72 valence electrons. The molecule has 0 saturated carbocycles. The van der Waals surface area contributed by atoms with Gasteiger partial charge in [-0.25, -0.2) is 4.68 Å². The van der Waals surface area contributed by atoms with Crippen molar-refractivity contribution in [2.75, 3.05) is 5.73 Å². The van der Waals surface area contributed by atoms with E-state index in [9.17, 15) is 0 Å². The lowest BCUT2D eigenvalue weighted by Crippen LogP contribution is -1.96. The van der Waals surface area contributed by atoms with Gasteiger partial charge in [-0.05, 0) is 30.7 Å². The van der Waals surface area contributed by atoms with Gasteiger partial charge in [-0.1, -0.05) is 11.6 Å². The molecule has 14 heavy (non-hydrogen) atoms. The Hall–Kier alpha value is -1.48. The first-order valence-corrected chi connectivity index (χ1v) is 4.61. The Morgan fingerprint density at radius 1 is 1.36 bits per heavy atom. The van der Waals surface area contributed by atoms with Crippen LogP contribution >= 0.6 is 11.6 Å². The minimum atomic E-state index is 0.616. The first-order chi connectivity index (χ1) is 6.65. The molecule has 1 aromatic carbocycles. The largest absolute Gasteiger partial charge is 0.399 e. The maximum absolute atomic E-state index is 5.78. The third kappa shape index (κ3) is 1.72. The summed E-state index contributed by atoms with van der Waals surface area (Å²) < 4.78 is 1.70. The predicted octanol–water partition coefficient (Wildman–Crippen LogP) is 2.42. The van der Waals surface area contributed by atoms with Gasteiger partial charge in [-0.2, -0.15) is 5.10 Å². The average molecular weight is 208 g/mol. The highest BCUT2D eigenvalue weighted by molar-refractivity contribution is 6.30. The number of anilines is 1. The van der Waals surface area contributed by atoms with E-state index < -0.39 is 0 Å². The lowest BCUT2D eigenvalue weighted by Gasteiger charge is -2.04. The van der Waals surface area contributed by atoms with Gasteiger partial charge in [0.15, 0.2) is 0 Å². The molecule has 0 fully saturated rings. The van der Waals surface area contributed by atoms with Crippen LogP contribution in [0.25, 0.3) is 5.69 Å². The van der Waals surface area contributed by atoms with Gasteiger partial charge >= 0.3 is 0 Å². The molecular formula is C10H10ClN3. The molecule has 0 aliphatic heterocycles. The van der Waals surface area contributed by atoms with Crippen molar-refractivity contribution in [2.24, 2.45) is 0 Å². The minimum absolute atomic E-state index is 0.616. The van der Waals surface area contributed by atoms with Crippen LogP contribution in [-0.2, 0) is 0 Å². The number of halogens is 1. The summed E-state index contributed by atoms with van der Waals surface area (Å²) in [5, 5.41) is 4.71. The number of benzene rings is 1. The zero-order valence-electron chi connectivity index (χ0n) is 7.74. The number of hydrogen-bond donors (Lipinski definition) is 1. The molecule has 2 aromatic rings. The fourth-order valence-electron chi connectivity index (χ4n) is 1.37. The highest BCUT2D eigenvalue weighted by atomic mass is 35.5. The number of nitrogens with zero attached hydrogens (tertiary/aromatic N) is 2. The van der Waals surface area contributed by atoms with Crippen molar-refractivity contribution in [3.05, 3.63) is 41.2 Å². The molecule has 4 heteroatoms. The van der Waals surface area contributed by atoms with Crippen LogP contribution in [0.5, 0.6) is 0 Å². The second-order valence-corrected chi connectivity index (χ2v) is 3.64. The number of nitrogen functional groups attached to an aromatic ring is 1. The third-order valence-corrected chi connectivity index (χ3v) is 2.10. The van der Waals surface area contributed by atoms with Gasteiger partial charge in [0.1, 0.15) is 0 Å². The maximum atomic E-state index is 5.78. The minimum Gasteiger partial charge on any atom is -0.399 e. The molecule has 1 aromatic heterocycles. The van der Waals surface area contributed by atoms with E-state index in [1.165, 1.54) is 0 Å². The van der Waals surface area contributed by atoms with Crippen molar-refractivity contribution in [3.8, 4) is 5.69 Å². The zero-order chi connectivity index (χ0) is 10.1. The highest BCUT2D eigenvalue weighted by Crippen LogP contribution is 2.16. The Bertz CT molecular complexity index is 442. The molecule has 0 spiro atoms. The Balaban J connectivity index is 2.51. The Kier molecular flexibility index (Phi) is 2.17. The number of aromatic nitrogens is 2. The fraction of sp³-hybridized carbons (Fsp3) is 0.100. The Morgan fingerprint density at radius 3 is 2.71 bits per heavy atom. The van der Waals surface area contributed by atoms with E-state index in [4.69, 9.17) is 17.3 Å². The smallest absolute Gasteiger partial charge is 0.0790 e. The molecule has 3 nitrogen and oxygen atoms in total. The molecule has 0 atom stereocenters. The van der Waals surface area contributed by atoms with Crippen LogP contribution in [0.2, 0.25) is 5.02 Å². The van der Waals surface area contributed by atoms with Crippen molar-refractivity contribution in [2.45, 2.75) is 6.92 Å². The maximum Gasteiger partial charge on any atom is 0.0790 e. The van der Waals surface area contributed by atoms with Crippen LogP contribution in [0.4, 0.5) is 5.69 Å². The number of hydrogen-bond acceptors (Lipinski definition) is 2. The summed E-state index contributed by atoms with van der Waals surface area (Å²) >= 11 is 5.78. The summed E-state index contributed by atoms with van der Waals surface area (Å²) in [5.74, 6) is 0. The molecular weight excluding hydrogens is 198 g/mol. The molecule has 0 amide bonds. The summed E-state index contributed by atoms with van der Waals surface area (Å²) in [7, 11) is 0. The number of rotatable bonds is 1. The third-order valence-electron chi connectivity index (χ3n) is 1.90. The lowest BCUT2D eigenvalue weighted by atomic mass is 10.2. The van der Waals surface area contributed by atoms with Gasteiger partial charge < -0.3 is 5.73 Å². The Morgan fingerprint density at radius 2 is 2.14 bits per heavy atom. The molecule has 0 aliphatic carbocycles. The van der Waals surface area contributed by atoms with Crippen molar-refractivity contribution < 1.29 is 0 Å².